The van der Waals surface area contributed by atoms with Gasteiger partial charge in [-0.2, -0.15) is 0 Å². The minimum atomic E-state index is -0.366. The standard InChI is InChI=1S/C17H15N3O2/c1-20-15(16(21)18-11-12-7-3-2-4-8-12)19-14-10-6-5-9-13(14)17(20)22/h2-10H,11H2,1H3,(H,18,21). The van der Waals surface area contributed by atoms with Crippen LogP contribution in [0.1, 0.15) is 16.2 Å². The molecule has 5 heteroatoms. The number of rotatable bonds is 3. The van der Waals surface area contributed by atoms with Gasteiger partial charge >= 0.3 is 0 Å². The number of amides is 1. The molecular weight excluding hydrogens is 278 g/mol. The summed E-state index contributed by atoms with van der Waals surface area (Å²) in [6.07, 6.45) is 0. The SMILES string of the molecule is Cn1c(C(=O)NCc2ccccc2)nc2ccccc2c1=O. The molecule has 0 fully saturated rings. The van der Waals surface area contributed by atoms with Crippen LogP contribution in [0.25, 0.3) is 10.9 Å². The zero-order valence-corrected chi connectivity index (χ0v) is 12.1. The van der Waals surface area contributed by atoms with Gasteiger partial charge in [-0.15, -0.1) is 0 Å². The van der Waals surface area contributed by atoms with Gasteiger partial charge in [0, 0.05) is 13.6 Å². The summed E-state index contributed by atoms with van der Waals surface area (Å²) in [4.78, 5) is 28.9. The number of hydrogen-bond acceptors (Lipinski definition) is 3. The fourth-order valence-electron chi connectivity index (χ4n) is 2.28. The van der Waals surface area contributed by atoms with Crippen LogP contribution in [0, 0.1) is 0 Å². The zero-order chi connectivity index (χ0) is 15.5. The molecule has 0 saturated carbocycles. The van der Waals surface area contributed by atoms with Crippen LogP contribution < -0.4 is 10.9 Å². The van der Waals surface area contributed by atoms with Crippen molar-refractivity contribution in [3.8, 4) is 0 Å². The van der Waals surface area contributed by atoms with E-state index in [4.69, 9.17) is 0 Å². The van der Waals surface area contributed by atoms with E-state index < -0.39 is 0 Å². The smallest absolute Gasteiger partial charge is 0.287 e. The van der Waals surface area contributed by atoms with Crippen LogP contribution in [0.5, 0.6) is 0 Å². The van der Waals surface area contributed by atoms with Gasteiger partial charge in [-0.3, -0.25) is 14.2 Å². The van der Waals surface area contributed by atoms with Crippen molar-refractivity contribution in [2.24, 2.45) is 7.05 Å². The van der Waals surface area contributed by atoms with Crippen molar-refractivity contribution in [1.82, 2.24) is 14.9 Å². The Morgan fingerprint density at radius 3 is 2.55 bits per heavy atom. The first-order valence-corrected chi connectivity index (χ1v) is 6.95. The number of hydrogen-bond donors (Lipinski definition) is 1. The molecule has 0 bridgehead atoms. The second-order valence-electron chi connectivity index (χ2n) is 4.99. The summed E-state index contributed by atoms with van der Waals surface area (Å²) in [5.74, 6) is -0.256. The van der Waals surface area contributed by atoms with Gasteiger partial charge in [0.25, 0.3) is 11.5 Å². The van der Waals surface area contributed by atoms with Gasteiger partial charge in [0.15, 0.2) is 0 Å². The third-order valence-corrected chi connectivity index (χ3v) is 3.48. The quantitative estimate of drug-likeness (QED) is 0.801. The van der Waals surface area contributed by atoms with Crippen LogP contribution in [0.15, 0.2) is 59.4 Å². The molecule has 22 heavy (non-hydrogen) atoms. The van der Waals surface area contributed by atoms with E-state index in [2.05, 4.69) is 10.3 Å². The Labute approximate surface area is 127 Å². The molecule has 110 valence electrons. The maximum atomic E-state index is 12.3. The topological polar surface area (TPSA) is 64.0 Å². The fraction of sp³-hybridized carbons (Fsp3) is 0.118. The van der Waals surface area contributed by atoms with Gasteiger partial charge in [0.05, 0.1) is 10.9 Å². The second-order valence-corrected chi connectivity index (χ2v) is 4.99. The number of benzene rings is 2. The Morgan fingerprint density at radius 2 is 1.77 bits per heavy atom. The Kier molecular flexibility index (Phi) is 3.70. The first kappa shape index (κ1) is 14.0. The Balaban J connectivity index is 1.91. The number of carbonyl (C=O) groups excluding carboxylic acids is 1. The van der Waals surface area contributed by atoms with Gasteiger partial charge < -0.3 is 5.32 Å². The molecule has 5 nitrogen and oxygen atoms in total. The van der Waals surface area contributed by atoms with E-state index in [0.29, 0.717) is 17.4 Å². The number of nitrogens with one attached hydrogen (secondary N) is 1. The average molecular weight is 293 g/mol. The predicted molar refractivity (Wildman–Crippen MR) is 84.6 cm³/mol. The predicted octanol–water partition coefficient (Wildman–Crippen LogP) is 1.86. The van der Waals surface area contributed by atoms with Crippen LogP contribution in [0.4, 0.5) is 0 Å². The highest BCUT2D eigenvalue weighted by molar-refractivity contribution is 5.92. The summed E-state index contributed by atoms with van der Waals surface area (Å²) in [6, 6.07) is 16.6. The maximum Gasteiger partial charge on any atom is 0.287 e. The molecule has 2 aromatic carbocycles. The van der Waals surface area contributed by atoms with E-state index in [1.807, 2.05) is 30.3 Å². The van der Waals surface area contributed by atoms with Crippen molar-refractivity contribution < 1.29 is 4.79 Å². The number of fused-ring (bicyclic) bond motifs is 1. The minimum Gasteiger partial charge on any atom is -0.345 e. The molecule has 1 N–H and O–H groups in total. The molecule has 3 aromatic rings. The van der Waals surface area contributed by atoms with E-state index in [0.717, 1.165) is 5.56 Å². The molecular formula is C17H15N3O2. The van der Waals surface area contributed by atoms with Gasteiger partial charge in [-0.05, 0) is 17.7 Å². The largest absolute Gasteiger partial charge is 0.345 e. The lowest BCUT2D eigenvalue weighted by atomic mass is 10.2. The van der Waals surface area contributed by atoms with Crippen LogP contribution in [-0.2, 0) is 13.6 Å². The molecule has 0 aliphatic rings. The number of nitrogens with zero attached hydrogens (tertiary/aromatic N) is 2. The van der Waals surface area contributed by atoms with Gasteiger partial charge in [0.2, 0.25) is 5.82 Å². The Bertz CT molecular complexity index is 885. The molecule has 0 radical (unpaired) electrons. The third-order valence-electron chi connectivity index (χ3n) is 3.48. The summed E-state index contributed by atoms with van der Waals surface area (Å²) in [6.45, 7) is 0.391. The van der Waals surface area contributed by atoms with Crippen molar-refractivity contribution >= 4 is 16.8 Å². The van der Waals surface area contributed by atoms with E-state index in [1.54, 1.807) is 31.3 Å². The van der Waals surface area contributed by atoms with Crippen molar-refractivity contribution in [3.05, 3.63) is 76.3 Å². The van der Waals surface area contributed by atoms with Crippen molar-refractivity contribution in [2.45, 2.75) is 6.54 Å². The molecule has 1 aromatic heterocycles. The van der Waals surface area contributed by atoms with Crippen LogP contribution in [-0.4, -0.2) is 15.5 Å². The molecule has 0 aliphatic heterocycles. The van der Waals surface area contributed by atoms with Crippen LogP contribution >= 0.6 is 0 Å². The molecule has 1 amide bonds. The third kappa shape index (κ3) is 2.61. The normalized spacial score (nSPS) is 10.6. The lowest BCUT2D eigenvalue weighted by Gasteiger charge is -2.09. The molecule has 0 unspecified atom stereocenters. The second kappa shape index (κ2) is 5.81. The van der Waals surface area contributed by atoms with Crippen molar-refractivity contribution in [1.29, 1.82) is 0 Å². The summed E-state index contributed by atoms with van der Waals surface area (Å²) in [5.41, 5.74) is 1.28. The van der Waals surface area contributed by atoms with Crippen LogP contribution in [0.3, 0.4) is 0 Å². The fourth-order valence-corrected chi connectivity index (χ4v) is 2.28. The van der Waals surface area contributed by atoms with E-state index >= 15 is 0 Å². The first-order valence-electron chi connectivity index (χ1n) is 6.95. The molecule has 0 saturated heterocycles. The molecule has 3 rings (SSSR count). The van der Waals surface area contributed by atoms with Gasteiger partial charge in [-0.25, -0.2) is 4.98 Å². The summed E-state index contributed by atoms with van der Waals surface area (Å²) < 4.78 is 1.28. The maximum absolute atomic E-state index is 12.3. The van der Waals surface area contributed by atoms with Gasteiger partial charge in [0.1, 0.15) is 0 Å². The number of para-hydroxylation sites is 1. The number of aromatic nitrogens is 2. The lowest BCUT2D eigenvalue weighted by Crippen LogP contribution is -2.32. The summed E-state index contributed by atoms with van der Waals surface area (Å²) >= 11 is 0. The highest BCUT2D eigenvalue weighted by atomic mass is 16.2. The highest BCUT2D eigenvalue weighted by Crippen LogP contribution is 2.07. The van der Waals surface area contributed by atoms with Crippen LogP contribution in [0.2, 0.25) is 0 Å². The van der Waals surface area contributed by atoms with Crippen molar-refractivity contribution in [2.75, 3.05) is 0 Å². The van der Waals surface area contributed by atoms with E-state index in [-0.39, 0.29) is 17.3 Å². The molecule has 0 atom stereocenters. The lowest BCUT2D eigenvalue weighted by molar-refractivity contribution is 0.0936. The number of carbonyl (C=O) groups is 1. The first-order chi connectivity index (χ1) is 10.7. The molecule has 0 spiro atoms. The highest BCUT2D eigenvalue weighted by Gasteiger charge is 2.14. The van der Waals surface area contributed by atoms with E-state index in [1.165, 1.54) is 4.57 Å². The average Bonchev–Trinajstić information content (AvgIpc) is 2.57. The summed E-state index contributed by atoms with van der Waals surface area (Å²) in [5, 5.41) is 3.29. The molecule has 1 heterocycles. The molecule has 0 aliphatic carbocycles. The van der Waals surface area contributed by atoms with Crippen molar-refractivity contribution in [3.63, 3.8) is 0 Å². The monoisotopic (exact) mass is 293 g/mol. The summed E-state index contributed by atoms with van der Waals surface area (Å²) in [7, 11) is 1.55. The Hall–Kier alpha value is -2.95. The minimum absolute atomic E-state index is 0.111. The Morgan fingerprint density at radius 1 is 1.09 bits per heavy atom. The van der Waals surface area contributed by atoms with Gasteiger partial charge in [-0.1, -0.05) is 42.5 Å². The zero-order valence-electron chi connectivity index (χ0n) is 12.1. The van der Waals surface area contributed by atoms with E-state index in [9.17, 15) is 9.59 Å².